The van der Waals surface area contributed by atoms with E-state index < -0.39 is 5.82 Å². The zero-order chi connectivity index (χ0) is 20.2. The lowest BCUT2D eigenvalue weighted by atomic mass is 10.1. The third-order valence-electron chi connectivity index (χ3n) is 5.07. The Morgan fingerprint density at radius 2 is 1.90 bits per heavy atom. The van der Waals surface area contributed by atoms with Crippen LogP contribution in [-0.4, -0.2) is 47.2 Å². The van der Waals surface area contributed by atoms with Crippen LogP contribution in [0.5, 0.6) is 5.75 Å². The molecule has 0 amide bonds. The molecule has 2 heterocycles. The highest BCUT2D eigenvalue weighted by molar-refractivity contribution is 6.31. The van der Waals surface area contributed by atoms with Gasteiger partial charge in [-0.1, -0.05) is 11.6 Å². The zero-order valence-electron chi connectivity index (χ0n) is 16.8. The van der Waals surface area contributed by atoms with Gasteiger partial charge in [-0.2, -0.15) is 0 Å². The highest BCUT2D eigenvalue weighted by Crippen LogP contribution is 2.29. The summed E-state index contributed by atoms with van der Waals surface area (Å²) in [6.07, 6.45) is 3.62. The summed E-state index contributed by atoms with van der Waals surface area (Å²) in [7, 11) is 0. The maximum atomic E-state index is 13.4. The SMILES string of the molecule is Cl.Cl.NCCN1CCC(Oc2ccc3ncnc(Nc4ccc(F)c(Cl)c4)c3c2)CC1. The third-order valence-corrected chi connectivity index (χ3v) is 5.36. The minimum Gasteiger partial charge on any atom is -0.490 e. The lowest BCUT2D eigenvalue weighted by molar-refractivity contribution is 0.102. The fourth-order valence-electron chi connectivity index (χ4n) is 3.55. The van der Waals surface area contributed by atoms with Crippen molar-refractivity contribution in [2.24, 2.45) is 5.73 Å². The number of benzene rings is 2. The van der Waals surface area contributed by atoms with Gasteiger partial charge in [0.25, 0.3) is 0 Å². The second kappa shape index (κ2) is 11.6. The van der Waals surface area contributed by atoms with Crippen LogP contribution >= 0.6 is 36.4 Å². The monoisotopic (exact) mass is 487 g/mol. The van der Waals surface area contributed by atoms with Crippen LogP contribution in [0, 0.1) is 5.82 Å². The molecule has 1 aliphatic rings. The second-order valence-corrected chi connectivity index (χ2v) is 7.51. The van der Waals surface area contributed by atoms with Gasteiger partial charge in [-0.05, 0) is 49.2 Å². The van der Waals surface area contributed by atoms with Crippen LogP contribution in [0.3, 0.4) is 0 Å². The van der Waals surface area contributed by atoms with Gasteiger partial charge in [0.15, 0.2) is 0 Å². The lowest BCUT2D eigenvalue weighted by Crippen LogP contribution is -2.40. The highest BCUT2D eigenvalue weighted by atomic mass is 35.5. The molecule has 1 aliphatic heterocycles. The number of likely N-dealkylation sites (tertiary alicyclic amines) is 1. The summed E-state index contributed by atoms with van der Waals surface area (Å²) >= 11 is 5.88. The van der Waals surface area contributed by atoms with E-state index in [0.29, 0.717) is 18.1 Å². The molecule has 0 spiro atoms. The van der Waals surface area contributed by atoms with E-state index in [4.69, 9.17) is 22.1 Å². The van der Waals surface area contributed by atoms with Crippen molar-refractivity contribution in [3.63, 3.8) is 0 Å². The maximum Gasteiger partial charge on any atom is 0.141 e. The lowest BCUT2D eigenvalue weighted by Gasteiger charge is -2.31. The van der Waals surface area contributed by atoms with E-state index in [-0.39, 0.29) is 35.9 Å². The molecule has 3 N–H and O–H groups in total. The topological polar surface area (TPSA) is 76.3 Å². The van der Waals surface area contributed by atoms with Gasteiger partial charge in [0, 0.05) is 37.3 Å². The summed E-state index contributed by atoms with van der Waals surface area (Å²) in [5.74, 6) is 0.934. The molecule has 0 bridgehead atoms. The molecule has 4 rings (SSSR count). The number of hydrogen-bond acceptors (Lipinski definition) is 6. The number of rotatable bonds is 6. The standard InChI is InChI=1S/C21H23ClFN5O.2ClH/c22-18-11-14(1-3-19(18)23)27-21-17-12-16(2-4-20(17)25-13-26-21)29-15-5-8-28(9-6-15)10-7-24;;/h1-4,11-13,15H,5-10,24H2,(H,25,26,27);2*1H. The predicted octanol–water partition coefficient (Wildman–Crippen LogP) is 4.81. The predicted molar refractivity (Wildman–Crippen MR) is 128 cm³/mol. The van der Waals surface area contributed by atoms with Crippen molar-refractivity contribution >= 4 is 58.8 Å². The summed E-state index contributed by atoms with van der Waals surface area (Å²) in [6.45, 7) is 3.61. The van der Waals surface area contributed by atoms with Gasteiger partial charge < -0.3 is 20.7 Å². The minimum atomic E-state index is -0.460. The number of anilines is 2. The van der Waals surface area contributed by atoms with Gasteiger partial charge in [0.05, 0.1) is 10.5 Å². The van der Waals surface area contributed by atoms with E-state index in [1.54, 1.807) is 6.07 Å². The van der Waals surface area contributed by atoms with Crippen LogP contribution in [0.4, 0.5) is 15.9 Å². The normalized spacial score (nSPS) is 14.5. The van der Waals surface area contributed by atoms with Crippen molar-refractivity contribution in [3.05, 3.63) is 53.6 Å². The summed E-state index contributed by atoms with van der Waals surface area (Å²) in [5, 5.41) is 4.07. The average molecular weight is 489 g/mol. The molecule has 0 saturated carbocycles. The molecule has 1 aromatic heterocycles. The first kappa shape index (κ1) is 25.4. The van der Waals surface area contributed by atoms with E-state index in [1.807, 2.05) is 18.2 Å². The van der Waals surface area contributed by atoms with Gasteiger partial charge in [-0.3, -0.25) is 0 Å². The molecule has 0 atom stereocenters. The van der Waals surface area contributed by atoms with Crippen LogP contribution in [0.25, 0.3) is 10.9 Å². The van der Waals surface area contributed by atoms with Gasteiger partial charge in [0.1, 0.15) is 29.8 Å². The van der Waals surface area contributed by atoms with Crippen molar-refractivity contribution in [3.8, 4) is 5.75 Å². The zero-order valence-corrected chi connectivity index (χ0v) is 19.2. The number of hydrogen-bond donors (Lipinski definition) is 2. The molecule has 10 heteroatoms. The molecular weight excluding hydrogens is 464 g/mol. The van der Waals surface area contributed by atoms with Crippen LogP contribution < -0.4 is 15.8 Å². The quantitative estimate of drug-likeness (QED) is 0.518. The molecule has 3 aromatic rings. The Labute approximate surface area is 198 Å². The van der Waals surface area contributed by atoms with Gasteiger partial charge >= 0.3 is 0 Å². The van der Waals surface area contributed by atoms with E-state index in [9.17, 15) is 4.39 Å². The molecule has 0 aliphatic carbocycles. The molecular formula is C21H25Cl3FN5O. The summed E-state index contributed by atoms with van der Waals surface area (Å²) in [6, 6.07) is 10.2. The van der Waals surface area contributed by atoms with E-state index in [2.05, 4.69) is 20.2 Å². The van der Waals surface area contributed by atoms with Crippen molar-refractivity contribution in [2.75, 3.05) is 31.5 Å². The van der Waals surface area contributed by atoms with Gasteiger partial charge in [-0.25, -0.2) is 14.4 Å². The minimum absolute atomic E-state index is 0. The molecule has 0 radical (unpaired) electrons. The Morgan fingerprint density at radius 3 is 2.61 bits per heavy atom. The first-order valence-corrected chi connectivity index (χ1v) is 10.1. The summed E-state index contributed by atoms with van der Waals surface area (Å²) < 4.78 is 19.6. The highest BCUT2D eigenvalue weighted by Gasteiger charge is 2.20. The Bertz CT molecular complexity index is 1000. The number of aromatic nitrogens is 2. The Balaban J connectivity index is 0.00000171. The van der Waals surface area contributed by atoms with Crippen LogP contribution in [-0.2, 0) is 0 Å². The average Bonchev–Trinajstić information content (AvgIpc) is 2.73. The largest absolute Gasteiger partial charge is 0.490 e. The van der Waals surface area contributed by atoms with Crippen molar-refractivity contribution in [1.29, 1.82) is 0 Å². The number of ether oxygens (including phenoxy) is 1. The van der Waals surface area contributed by atoms with Crippen molar-refractivity contribution in [1.82, 2.24) is 14.9 Å². The summed E-state index contributed by atoms with van der Waals surface area (Å²) in [5.41, 5.74) is 7.08. The number of piperidine rings is 1. The molecule has 168 valence electrons. The second-order valence-electron chi connectivity index (χ2n) is 7.10. The number of nitrogens with two attached hydrogens (primary N) is 1. The van der Waals surface area contributed by atoms with Crippen molar-refractivity contribution in [2.45, 2.75) is 18.9 Å². The first-order chi connectivity index (χ1) is 14.1. The fraction of sp³-hybridized carbons (Fsp3) is 0.333. The smallest absolute Gasteiger partial charge is 0.141 e. The third kappa shape index (κ3) is 6.30. The Morgan fingerprint density at radius 1 is 1.13 bits per heavy atom. The number of nitrogens with one attached hydrogen (secondary N) is 1. The molecule has 1 fully saturated rings. The van der Waals surface area contributed by atoms with E-state index >= 15 is 0 Å². The van der Waals surface area contributed by atoms with Gasteiger partial charge in [-0.15, -0.1) is 24.8 Å². The first-order valence-electron chi connectivity index (χ1n) is 9.68. The van der Waals surface area contributed by atoms with Crippen LogP contribution in [0.15, 0.2) is 42.7 Å². The fourth-order valence-corrected chi connectivity index (χ4v) is 3.73. The molecule has 2 aromatic carbocycles. The molecule has 31 heavy (non-hydrogen) atoms. The van der Waals surface area contributed by atoms with E-state index in [0.717, 1.165) is 49.1 Å². The molecule has 1 saturated heterocycles. The number of nitrogens with zero attached hydrogens (tertiary/aromatic N) is 3. The maximum absolute atomic E-state index is 13.4. The molecule has 0 unspecified atom stereocenters. The number of fused-ring (bicyclic) bond motifs is 1. The number of halogens is 4. The Hall–Kier alpha value is -1.90. The van der Waals surface area contributed by atoms with Crippen LogP contribution in [0.2, 0.25) is 5.02 Å². The molecule has 6 nitrogen and oxygen atoms in total. The van der Waals surface area contributed by atoms with Crippen molar-refractivity contribution < 1.29 is 9.13 Å². The van der Waals surface area contributed by atoms with E-state index in [1.165, 1.54) is 18.5 Å². The van der Waals surface area contributed by atoms with Gasteiger partial charge in [0.2, 0.25) is 0 Å². The Kier molecular flexibility index (Phi) is 9.53. The van der Waals surface area contributed by atoms with Crippen LogP contribution in [0.1, 0.15) is 12.8 Å². The summed E-state index contributed by atoms with van der Waals surface area (Å²) in [4.78, 5) is 11.0.